The third-order valence-electron chi connectivity index (χ3n) is 6.23. The van der Waals surface area contributed by atoms with E-state index < -0.39 is 16.0 Å². The second-order valence-corrected chi connectivity index (χ2v) is 10.8. The molecule has 1 fully saturated rings. The maximum atomic E-state index is 12.9. The fourth-order valence-corrected chi connectivity index (χ4v) is 5.84. The number of nitrogens with one attached hydrogen (secondary N) is 1. The molecular formula is C26H30N4O4S. The van der Waals surface area contributed by atoms with Gasteiger partial charge in [0, 0.05) is 31.4 Å². The zero-order valence-electron chi connectivity index (χ0n) is 20.3. The molecule has 0 unspecified atom stereocenters. The van der Waals surface area contributed by atoms with Crippen molar-refractivity contribution < 1.29 is 18.3 Å². The molecule has 0 bridgehead atoms. The Morgan fingerprint density at radius 1 is 1.06 bits per heavy atom. The molecule has 0 amide bonds. The average molecular weight is 495 g/mol. The summed E-state index contributed by atoms with van der Waals surface area (Å²) in [5.74, 6) is -0.823. The molecule has 184 valence electrons. The number of carboxylic acids is 1. The van der Waals surface area contributed by atoms with Crippen LogP contribution in [0.25, 0.3) is 0 Å². The van der Waals surface area contributed by atoms with Crippen LogP contribution in [0.5, 0.6) is 0 Å². The number of rotatable bonds is 6. The highest BCUT2D eigenvalue weighted by Crippen LogP contribution is 2.28. The smallest absolute Gasteiger partial charge is 0.339 e. The second-order valence-electron chi connectivity index (χ2n) is 9.10. The Balaban J connectivity index is 1.57. The predicted molar refractivity (Wildman–Crippen MR) is 138 cm³/mol. The lowest BCUT2D eigenvalue weighted by molar-refractivity contribution is 0.0697. The van der Waals surface area contributed by atoms with Gasteiger partial charge in [0.05, 0.1) is 16.8 Å². The fraction of sp³-hybridized carbons (Fsp3) is 0.308. The first-order valence-corrected chi connectivity index (χ1v) is 12.9. The van der Waals surface area contributed by atoms with E-state index in [4.69, 9.17) is 0 Å². The van der Waals surface area contributed by atoms with Crippen molar-refractivity contribution in [3.8, 4) is 0 Å². The van der Waals surface area contributed by atoms with Gasteiger partial charge in [-0.1, -0.05) is 29.8 Å². The van der Waals surface area contributed by atoms with Crippen molar-refractivity contribution in [3.63, 3.8) is 0 Å². The van der Waals surface area contributed by atoms with E-state index in [1.807, 2.05) is 17.9 Å². The summed E-state index contributed by atoms with van der Waals surface area (Å²) in [4.78, 5) is 20.9. The first-order valence-electron chi connectivity index (χ1n) is 11.5. The molecule has 0 aliphatic carbocycles. The molecule has 1 aliphatic rings. The highest BCUT2D eigenvalue weighted by Gasteiger charge is 2.28. The lowest BCUT2D eigenvalue weighted by atomic mass is 10.1. The van der Waals surface area contributed by atoms with Crippen molar-refractivity contribution in [2.24, 2.45) is 0 Å². The fourth-order valence-electron chi connectivity index (χ4n) is 4.57. The molecule has 9 heteroatoms. The van der Waals surface area contributed by atoms with E-state index in [0.717, 1.165) is 11.3 Å². The number of hydrogen-bond acceptors (Lipinski definition) is 6. The van der Waals surface area contributed by atoms with Gasteiger partial charge in [-0.05, 0) is 63.1 Å². The quantitative estimate of drug-likeness (QED) is 0.529. The first-order chi connectivity index (χ1) is 16.5. The average Bonchev–Trinajstić information content (AvgIpc) is 2.78. The summed E-state index contributed by atoms with van der Waals surface area (Å²) in [5, 5.41) is 9.88. The maximum Gasteiger partial charge on any atom is 0.339 e. The van der Waals surface area contributed by atoms with Gasteiger partial charge in [-0.15, -0.1) is 0 Å². The largest absolute Gasteiger partial charge is 0.478 e. The summed E-state index contributed by atoms with van der Waals surface area (Å²) in [5.41, 5.74) is 3.96. The number of aryl methyl sites for hydroxylation is 3. The molecule has 2 N–H and O–H groups in total. The van der Waals surface area contributed by atoms with E-state index in [1.165, 1.54) is 17.8 Å². The molecule has 2 aromatic carbocycles. The van der Waals surface area contributed by atoms with E-state index in [2.05, 4.69) is 46.7 Å². The third-order valence-corrected chi connectivity index (χ3v) is 7.77. The Bertz CT molecular complexity index is 1370. The van der Waals surface area contributed by atoms with Gasteiger partial charge in [-0.2, -0.15) is 0 Å². The SMILES string of the molecule is Cc1cccc(N2CCN(c3ncc(NS(=O)(=O)c4ccc(C)cc4C)cc3C(=O)O)C[C@@H]2C)c1. The molecule has 2 heterocycles. The summed E-state index contributed by atoms with van der Waals surface area (Å²) >= 11 is 0. The van der Waals surface area contributed by atoms with Crippen molar-refractivity contribution in [3.05, 3.63) is 77.0 Å². The van der Waals surface area contributed by atoms with Gasteiger partial charge >= 0.3 is 5.97 Å². The molecule has 1 atom stereocenters. The zero-order valence-corrected chi connectivity index (χ0v) is 21.1. The van der Waals surface area contributed by atoms with Crippen LogP contribution in [0.15, 0.2) is 59.6 Å². The molecule has 4 rings (SSSR count). The van der Waals surface area contributed by atoms with Crippen LogP contribution in [0, 0.1) is 20.8 Å². The number of sulfonamides is 1. The van der Waals surface area contributed by atoms with Gasteiger partial charge in [0.1, 0.15) is 11.4 Å². The number of piperazine rings is 1. The number of hydrogen-bond donors (Lipinski definition) is 2. The molecule has 1 aliphatic heterocycles. The van der Waals surface area contributed by atoms with Crippen LogP contribution >= 0.6 is 0 Å². The van der Waals surface area contributed by atoms with Gasteiger partial charge in [-0.25, -0.2) is 18.2 Å². The van der Waals surface area contributed by atoms with Gasteiger partial charge in [0.2, 0.25) is 0 Å². The van der Waals surface area contributed by atoms with E-state index in [-0.39, 0.29) is 22.2 Å². The Morgan fingerprint density at radius 3 is 2.46 bits per heavy atom. The van der Waals surface area contributed by atoms with E-state index in [1.54, 1.807) is 25.1 Å². The van der Waals surface area contributed by atoms with Gasteiger partial charge in [-0.3, -0.25) is 4.72 Å². The number of carbonyl (C=O) groups is 1. The Hall–Kier alpha value is -3.59. The number of carboxylic acid groups (broad SMARTS) is 1. The second kappa shape index (κ2) is 9.58. The summed E-state index contributed by atoms with van der Waals surface area (Å²) in [6.07, 6.45) is 1.38. The number of aromatic nitrogens is 1. The summed E-state index contributed by atoms with van der Waals surface area (Å²) in [6.45, 7) is 9.68. The lowest BCUT2D eigenvalue weighted by Gasteiger charge is -2.42. The lowest BCUT2D eigenvalue weighted by Crippen LogP contribution is -2.52. The van der Waals surface area contributed by atoms with Crippen LogP contribution < -0.4 is 14.5 Å². The molecule has 0 spiro atoms. The molecule has 8 nitrogen and oxygen atoms in total. The summed E-state index contributed by atoms with van der Waals surface area (Å²) < 4.78 is 28.4. The van der Waals surface area contributed by atoms with Crippen molar-refractivity contribution >= 4 is 33.2 Å². The molecule has 1 saturated heterocycles. The number of nitrogens with zero attached hydrogens (tertiary/aromatic N) is 3. The molecule has 3 aromatic rings. The summed E-state index contributed by atoms with van der Waals surface area (Å²) in [6, 6.07) is 14.8. The molecular weight excluding hydrogens is 464 g/mol. The van der Waals surface area contributed by atoms with Crippen LogP contribution in [0.2, 0.25) is 0 Å². The number of pyridine rings is 1. The van der Waals surface area contributed by atoms with Gasteiger partial charge in [0.25, 0.3) is 10.0 Å². The first kappa shape index (κ1) is 24.5. The van der Waals surface area contributed by atoms with E-state index >= 15 is 0 Å². The van der Waals surface area contributed by atoms with Crippen molar-refractivity contribution in [1.29, 1.82) is 0 Å². The van der Waals surface area contributed by atoms with Crippen molar-refractivity contribution in [1.82, 2.24) is 4.98 Å². The Morgan fingerprint density at radius 2 is 1.80 bits per heavy atom. The zero-order chi connectivity index (χ0) is 25.3. The Labute approximate surface area is 206 Å². The van der Waals surface area contributed by atoms with Gasteiger partial charge in [0.15, 0.2) is 0 Å². The van der Waals surface area contributed by atoms with Crippen LogP contribution in [-0.2, 0) is 10.0 Å². The summed E-state index contributed by atoms with van der Waals surface area (Å²) in [7, 11) is -3.89. The third kappa shape index (κ3) is 5.24. The van der Waals surface area contributed by atoms with Crippen LogP contribution in [0.3, 0.4) is 0 Å². The van der Waals surface area contributed by atoms with Crippen LogP contribution in [-0.4, -0.2) is 50.2 Å². The maximum absolute atomic E-state index is 12.9. The number of anilines is 3. The minimum atomic E-state index is -3.89. The molecule has 0 saturated carbocycles. The minimum absolute atomic E-state index is 0.0398. The normalized spacial score (nSPS) is 16.3. The highest BCUT2D eigenvalue weighted by molar-refractivity contribution is 7.92. The van der Waals surface area contributed by atoms with Crippen LogP contribution in [0.4, 0.5) is 17.2 Å². The van der Waals surface area contributed by atoms with Crippen molar-refractivity contribution in [2.45, 2.75) is 38.6 Å². The Kier molecular flexibility index (Phi) is 6.71. The number of benzene rings is 2. The minimum Gasteiger partial charge on any atom is -0.478 e. The van der Waals surface area contributed by atoms with Gasteiger partial charge < -0.3 is 14.9 Å². The number of aromatic carboxylic acids is 1. The highest BCUT2D eigenvalue weighted by atomic mass is 32.2. The molecule has 1 aromatic heterocycles. The molecule has 35 heavy (non-hydrogen) atoms. The monoisotopic (exact) mass is 494 g/mol. The molecule has 0 radical (unpaired) electrons. The predicted octanol–water partition coefficient (Wildman–Crippen LogP) is 4.22. The van der Waals surface area contributed by atoms with E-state index in [0.29, 0.717) is 31.0 Å². The standard InChI is InChI=1S/C26H30N4O4S/c1-17-6-5-7-22(13-17)30-11-10-29(16-20(30)4)25-23(26(31)32)14-21(15-27-25)28-35(33,34)24-9-8-18(2)12-19(24)3/h5-9,12-15,20,28H,10-11,16H2,1-4H3,(H,31,32)/t20-/m0/s1. The van der Waals surface area contributed by atoms with Crippen LogP contribution in [0.1, 0.15) is 34.0 Å². The topological polar surface area (TPSA) is 103 Å². The van der Waals surface area contributed by atoms with E-state index in [9.17, 15) is 18.3 Å². The van der Waals surface area contributed by atoms with Crippen molar-refractivity contribution in [2.75, 3.05) is 34.2 Å².